The van der Waals surface area contributed by atoms with Crippen molar-refractivity contribution in [3.63, 3.8) is 0 Å². The predicted molar refractivity (Wildman–Crippen MR) is 135 cm³/mol. The third-order valence-electron chi connectivity index (χ3n) is 4.42. The monoisotopic (exact) mass is 598 g/mol. The fourth-order valence-electron chi connectivity index (χ4n) is 2.91. The van der Waals surface area contributed by atoms with E-state index in [1.165, 1.54) is 6.08 Å². The summed E-state index contributed by atoms with van der Waals surface area (Å²) in [6.07, 6.45) is 1.46. The van der Waals surface area contributed by atoms with Crippen LogP contribution in [0.5, 0.6) is 0 Å². The number of carbonyl (C=O) groups excluding carboxylic acids is 3. The molecular formula is C22H13Cl2IN2O4S. The molecule has 1 saturated heterocycles. The minimum atomic E-state index is -0.559. The van der Waals surface area contributed by atoms with E-state index in [-0.39, 0.29) is 11.4 Å². The third kappa shape index (κ3) is 5.03. The van der Waals surface area contributed by atoms with Crippen molar-refractivity contribution in [3.05, 3.63) is 78.9 Å². The first kappa shape index (κ1) is 22.9. The molecule has 6 nitrogen and oxygen atoms in total. The van der Waals surface area contributed by atoms with E-state index >= 15 is 0 Å². The lowest BCUT2D eigenvalue weighted by molar-refractivity contribution is -0.127. The van der Waals surface area contributed by atoms with E-state index < -0.39 is 17.1 Å². The smallest absolute Gasteiger partial charge is 0.294 e. The normalized spacial score (nSPS) is 15.0. The molecule has 1 aliphatic rings. The Bertz CT molecular complexity index is 1260. The van der Waals surface area contributed by atoms with Gasteiger partial charge in [-0.2, -0.15) is 0 Å². The van der Waals surface area contributed by atoms with Gasteiger partial charge in [0, 0.05) is 20.9 Å². The molecule has 1 aliphatic heterocycles. The van der Waals surface area contributed by atoms with Crippen molar-refractivity contribution < 1.29 is 18.8 Å². The summed E-state index contributed by atoms with van der Waals surface area (Å²) in [5, 5.41) is 2.90. The van der Waals surface area contributed by atoms with Crippen molar-refractivity contribution >= 4 is 86.4 Å². The van der Waals surface area contributed by atoms with Crippen molar-refractivity contribution in [2.45, 2.75) is 0 Å². The first-order chi connectivity index (χ1) is 15.3. The van der Waals surface area contributed by atoms with Gasteiger partial charge in [-0.3, -0.25) is 19.3 Å². The zero-order valence-electron chi connectivity index (χ0n) is 16.1. The maximum atomic E-state index is 12.7. The molecule has 2 aromatic carbocycles. The van der Waals surface area contributed by atoms with E-state index in [4.69, 9.17) is 27.6 Å². The van der Waals surface area contributed by atoms with Gasteiger partial charge >= 0.3 is 0 Å². The van der Waals surface area contributed by atoms with Gasteiger partial charge in [0.1, 0.15) is 18.1 Å². The van der Waals surface area contributed by atoms with E-state index in [9.17, 15) is 14.4 Å². The number of carbonyl (C=O) groups is 3. The van der Waals surface area contributed by atoms with Crippen LogP contribution in [0.3, 0.4) is 0 Å². The summed E-state index contributed by atoms with van der Waals surface area (Å²) in [6, 6.07) is 15.7. The second-order valence-corrected chi connectivity index (χ2v) is 9.65. The minimum Gasteiger partial charge on any atom is -0.457 e. The molecule has 32 heavy (non-hydrogen) atoms. The van der Waals surface area contributed by atoms with Crippen LogP contribution in [-0.2, 0) is 9.59 Å². The van der Waals surface area contributed by atoms with Gasteiger partial charge < -0.3 is 9.73 Å². The number of imide groups is 1. The average molecular weight is 599 g/mol. The first-order valence-electron chi connectivity index (χ1n) is 9.17. The Morgan fingerprint density at radius 2 is 1.84 bits per heavy atom. The molecule has 3 aromatic rings. The highest BCUT2D eigenvalue weighted by Gasteiger charge is 2.36. The summed E-state index contributed by atoms with van der Waals surface area (Å²) in [6.45, 7) is -0.379. The van der Waals surface area contributed by atoms with Gasteiger partial charge in [-0.1, -0.05) is 29.3 Å². The number of amides is 3. The zero-order chi connectivity index (χ0) is 22.8. The van der Waals surface area contributed by atoms with E-state index in [1.807, 2.05) is 12.1 Å². The van der Waals surface area contributed by atoms with Gasteiger partial charge in [0.2, 0.25) is 5.91 Å². The standard InChI is InChI=1S/C22H13Cl2IN2O4S/c23-16-3-1-2-15(20(16)24)17-9-8-14(31-17)10-18-21(29)27(22(30)32-18)11-19(28)26-13-6-4-12(25)5-7-13/h1-10H,11H2,(H,26,28)/b18-10+. The molecule has 0 radical (unpaired) electrons. The highest BCUT2D eigenvalue weighted by atomic mass is 127. The molecule has 2 heterocycles. The van der Waals surface area contributed by atoms with Crippen LogP contribution in [0.25, 0.3) is 17.4 Å². The van der Waals surface area contributed by atoms with E-state index in [0.29, 0.717) is 32.8 Å². The Morgan fingerprint density at radius 1 is 1.09 bits per heavy atom. The number of thioether (sulfide) groups is 1. The fraction of sp³-hybridized carbons (Fsp3) is 0.0455. The zero-order valence-corrected chi connectivity index (χ0v) is 20.6. The molecule has 1 fully saturated rings. The van der Waals surface area contributed by atoms with Gasteiger partial charge in [-0.05, 0) is 82.9 Å². The molecule has 0 bridgehead atoms. The second-order valence-electron chi connectivity index (χ2n) is 6.63. The second kappa shape index (κ2) is 9.70. The Morgan fingerprint density at radius 3 is 2.59 bits per heavy atom. The molecule has 0 aliphatic carbocycles. The number of furan rings is 1. The lowest BCUT2D eigenvalue weighted by Gasteiger charge is -2.12. The molecule has 1 aromatic heterocycles. The summed E-state index contributed by atoms with van der Waals surface area (Å²) in [5.41, 5.74) is 1.19. The number of benzene rings is 2. The van der Waals surface area contributed by atoms with Crippen LogP contribution in [0.4, 0.5) is 10.5 Å². The van der Waals surface area contributed by atoms with Crippen LogP contribution in [0, 0.1) is 3.57 Å². The number of halogens is 3. The number of rotatable bonds is 5. The number of hydrogen-bond acceptors (Lipinski definition) is 5. The summed E-state index contributed by atoms with van der Waals surface area (Å²) in [4.78, 5) is 38.4. The van der Waals surface area contributed by atoms with Gasteiger partial charge in [-0.25, -0.2) is 0 Å². The number of anilines is 1. The van der Waals surface area contributed by atoms with Crippen molar-refractivity contribution in [1.82, 2.24) is 4.90 Å². The lowest BCUT2D eigenvalue weighted by Crippen LogP contribution is -2.36. The highest BCUT2D eigenvalue weighted by Crippen LogP contribution is 2.36. The summed E-state index contributed by atoms with van der Waals surface area (Å²) in [5.74, 6) is -0.188. The summed E-state index contributed by atoms with van der Waals surface area (Å²) >= 11 is 15.2. The summed E-state index contributed by atoms with van der Waals surface area (Å²) < 4.78 is 6.78. The van der Waals surface area contributed by atoms with E-state index in [2.05, 4.69) is 27.9 Å². The van der Waals surface area contributed by atoms with Crippen molar-refractivity contribution in [2.75, 3.05) is 11.9 Å². The van der Waals surface area contributed by atoms with Gasteiger partial charge in [-0.15, -0.1) is 0 Å². The van der Waals surface area contributed by atoms with Crippen molar-refractivity contribution in [1.29, 1.82) is 0 Å². The van der Waals surface area contributed by atoms with Gasteiger partial charge in [0.05, 0.1) is 15.0 Å². The molecule has 162 valence electrons. The Balaban J connectivity index is 1.47. The van der Waals surface area contributed by atoms with Crippen molar-refractivity contribution in [2.24, 2.45) is 0 Å². The number of nitrogens with zero attached hydrogens (tertiary/aromatic N) is 1. The Labute approximate surface area is 211 Å². The van der Waals surface area contributed by atoms with Gasteiger partial charge in [0.25, 0.3) is 11.1 Å². The Kier molecular flexibility index (Phi) is 6.94. The van der Waals surface area contributed by atoms with Crippen LogP contribution < -0.4 is 5.32 Å². The third-order valence-corrected chi connectivity index (χ3v) is 6.87. The number of hydrogen-bond donors (Lipinski definition) is 1. The van der Waals surface area contributed by atoms with Crippen LogP contribution in [0.1, 0.15) is 5.76 Å². The van der Waals surface area contributed by atoms with Crippen LogP contribution in [-0.4, -0.2) is 28.5 Å². The lowest BCUT2D eigenvalue weighted by atomic mass is 10.2. The van der Waals surface area contributed by atoms with E-state index in [1.54, 1.807) is 42.5 Å². The molecule has 0 atom stereocenters. The van der Waals surface area contributed by atoms with Gasteiger partial charge in [0.15, 0.2) is 0 Å². The molecule has 10 heteroatoms. The largest absolute Gasteiger partial charge is 0.457 e. The Hall–Kier alpha value is -2.27. The maximum absolute atomic E-state index is 12.7. The van der Waals surface area contributed by atoms with E-state index in [0.717, 1.165) is 20.2 Å². The molecule has 4 rings (SSSR count). The first-order valence-corrected chi connectivity index (χ1v) is 11.8. The highest BCUT2D eigenvalue weighted by molar-refractivity contribution is 14.1. The van der Waals surface area contributed by atoms with Crippen molar-refractivity contribution in [3.8, 4) is 11.3 Å². The maximum Gasteiger partial charge on any atom is 0.294 e. The van der Waals surface area contributed by atoms with Crippen LogP contribution in [0.15, 0.2) is 63.9 Å². The minimum absolute atomic E-state index is 0.162. The van der Waals surface area contributed by atoms with Crippen LogP contribution >= 0.6 is 57.6 Å². The molecule has 0 unspecified atom stereocenters. The predicted octanol–water partition coefficient (Wildman–Crippen LogP) is 6.53. The topological polar surface area (TPSA) is 79.6 Å². The molecule has 1 N–H and O–H groups in total. The summed E-state index contributed by atoms with van der Waals surface area (Å²) in [7, 11) is 0. The fourth-order valence-corrected chi connectivity index (χ4v) is 4.48. The number of nitrogens with one attached hydrogen (secondary N) is 1. The average Bonchev–Trinajstić information content (AvgIpc) is 3.32. The SMILES string of the molecule is O=C(CN1C(=O)S/C(=C/c2ccc(-c3cccc(Cl)c3Cl)o2)C1=O)Nc1ccc(I)cc1. The molecule has 0 saturated carbocycles. The quantitative estimate of drug-likeness (QED) is 0.267. The molecular weight excluding hydrogens is 586 g/mol. The molecule has 0 spiro atoms. The molecule has 3 amide bonds. The van der Waals surface area contributed by atoms with Crippen LogP contribution in [0.2, 0.25) is 10.0 Å².